The topological polar surface area (TPSA) is 72.2 Å². The van der Waals surface area contributed by atoms with Gasteiger partial charge in [-0.25, -0.2) is 0 Å². The number of carbonyl (C=O) groups is 1. The summed E-state index contributed by atoms with van der Waals surface area (Å²) in [6, 6.07) is 2.98. The quantitative estimate of drug-likeness (QED) is 0.821. The lowest BCUT2D eigenvalue weighted by Gasteiger charge is -2.10. The third-order valence-corrected chi connectivity index (χ3v) is 4.04. The molecule has 1 atom stereocenters. The fraction of sp³-hybridized carbons (Fsp3) is 0.364. The summed E-state index contributed by atoms with van der Waals surface area (Å²) >= 11 is 11.7. The Morgan fingerprint density at radius 1 is 1.44 bits per heavy atom. The first-order valence-corrected chi connectivity index (χ1v) is 7.57. The third-order valence-electron chi connectivity index (χ3n) is 2.07. The minimum absolute atomic E-state index is 0.0633. The molecule has 1 amide bonds. The van der Waals surface area contributed by atoms with Crippen LogP contribution in [0.4, 0.5) is 11.4 Å². The molecular formula is C11H14Cl2N2O2S. The van der Waals surface area contributed by atoms with Crippen LogP contribution in [0, 0.1) is 0 Å². The van der Waals surface area contributed by atoms with Gasteiger partial charge in [0.05, 0.1) is 16.4 Å². The smallest absolute Gasteiger partial charge is 0.237 e. The molecule has 0 bridgehead atoms. The van der Waals surface area contributed by atoms with E-state index in [9.17, 15) is 9.00 Å². The average Bonchev–Trinajstić information content (AvgIpc) is 2.23. The van der Waals surface area contributed by atoms with Crippen LogP contribution in [0.2, 0.25) is 10.0 Å². The second-order valence-corrected chi connectivity index (χ2v) is 6.11. The molecule has 4 nitrogen and oxygen atoms in total. The van der Waals surface area contributed by atoms with Gasteiger partial charge in [0.25, 0.3) is 0 Å². The lowest BCUT2D eigenvalue weighted by molar-refractivity contribution is -0.113. The first-order valence-electron chi connectivity index (χ1n) is 5.33. The number of hydrogen-bond acceptors (Lipinski definition) is 3. The van der Waals surface area contributed by atoms with E-state index in [2.05, 4.69) is 5.32 Å². The fourth-order valence-electron chi connectivity index (χ4n) is 1.35. The molecular weight excluding hydrogens is 295 g/mol. The number of carbonyl (C=O) groups excluding carboxylic acids is 1. The lowest BCUT2D eigenvalue weighted by Crippen LogP contribution is -2.21. The maximum atomic E-state index is 11.6. The highest BCUT2D eigenvalue weighted by molar-refractivity contribution is 7.85. The molecule has 1 aromatic carbocycles. The van der Waals surface area contributed by atoms with Crippen molar-refractivity contribution in [1.82, 2.24) is 0 Å². The molecule has 0 radical (unpaired) electrons. The normalized spacial score (nSPS) is 12.2. The van der Waals surface area contributed by atoms with Crippen LogP contribution in [0.5, 0.6) is 0 Å². The molecule has 0 saturated heterocycles. The molecule has 18 heavy (non-hydrogen) atoms. The van der Waals surface area contributed by atoms with Crippen molar-refractivity contribution in [1.29, 1.82) is 0 Å². The van der Waals surface area contributed by atoms with E-state index in [-0.39, 0.29) is 22.4 Å². The van der Waals surface area contributed by atoms with E-state index in [4.69, 9.17) is 28.9 Å². The number of nitrogens with two attached hydrogens (primary N) is 1. The lowest BCUT2D eigenvalue weighted by atomic mass is 10.2. The van der Waals surface area contributed by atoms with Gasteiger partial charge in [0.15, 0.2) is 0 Å². The second-order valence-electron chi connectivity index (χ2n) is 3.69. The SMILES string of the molecule is CCCS(=O)CC(=O)Nc1c(N)cc(Cl)cc1Cl. The summed E-state index contributed by atoms with van der Waals surface area (Å²) in [5.74, 6) is 0.0569. The van der Waals surface area contributed by atoms with E-state index in [1.54, 1.807) is 0 Å². The summed E-state index contributed by atoms with van der Waals surface area (Å²) in [6.07, 6.45) is 0.768. The highest BCUT2D eigenvalue weighted by Gasteiger charge is 2.12. The monoisotopic (exact) mass is 308 g/mol. The Bertz CT molecular complexity index is 457. The molecule has 0 aliphatic heterocycles. The number of hydrogen-bond donors (Lipinski definition) is 2. The predicted octanol–water partition coefficient (Wildman–Crippen LogP) is 2.67. The highest BCUT2D eigenvalue weighted by Crippen LogP contribution is 2.31. The molecule has 0 saturated carbocycles. The van der Waals surface area contributed by atoms with Crippen LogP contribution in [0.15, 0.2) is 12.1 Å². The van der Waals surface area contributed by atoms with E-state index in [1.807, 2.05) is 6.92 Å². The summed E-state index contributed by atoms with van der Waals surface area (Å²) < 4.78 is 11.4. The molecule has 0 fully saturated rings. The van der Waals surface area contributed by atoms with Gasteiger partial charge in [-0.1, -0.05) is 30.1 Å². The number of halogens is 2. The van der Waals surface area contributed by atoms with Crippen molar-refractivity contribution in [3.63, 3.8) is 0 Å². The van der Waals surface area contributed by atoms with E-state index in [0.29, 0.717) is 16.5 Å². The van der Waals surface area contributed by atoms with E-state index in [0.717, 1.165) is 6.42 Å². The number of rotatable bonds is 5. The van der Waals surface area contributed by atoms with Gasteiger partial charge in [-0.05, 0) is 18.6 Å². The van der Waals surface area contributed by atoms with Gasteiger partial charge in [-0.2, -0.15) is 0 Å². The molecule has 0 aliphatic rings. The maximum Gasteiger partial charge on any atom is 0.237 e. The minimum atomic E-state index is -1.16. The number of nitrogen functional groups attached to an aromatic ring is 1. The Kier molecular flexibility index (Phi) is 5.91. The number of anilines is 2. The Morgan fingerprint density at radius 2 is 2.11 bits per heavy atom. The average molecular weight is 309 g/mol. The van der Waals surface area contributed by atoms with Gasteiger partial charge in [-0.3, -0.25) is 9.00 Å². The largest absolute Gasteiger partial charge is 0.397 e. The molecule has 0 spiro atoms. The number of amides is 1. The van der Waals surface area contributed by atoms with Crippen molar-refractivity contribution in [2.75, 3.05) is 22.6 Å². The molecule has 1 unspecified atom stereocenters. The van der Waals surface area contributed by atoms with Gasteiger partial charge in [0.1, 0.15) is 5.75 Å². The molecule has 0 aromatic heterocycles. The highest BCUT2D eigenvalue weighted by atomic mass is 35.5. The Balaban J connectivity index is 2.73. The van der Waals surface area contributed by atoms with E-state index >= 15 is 0 Å². The van der Waals surface area contributed by atoms with Gasteiger partial charge in [-0.15, -0.1) is 0 Å². The molecule has 100 valence electrons. The molecule has 1 rings (SSSR count). The van der Waals surface area contributed by atoms with Crippen molar-refractivity contribution in [3.8, 4) is 0 Å². The van der Waals surface area contributed by atoms with Crippen LogP contribution in [-0.4, -0.2) is 21.6 Å². The Morgan fingerprint density at radius 3 is 2.67 bits per heavy atom. The van der Waals surface area contributed by atoms with Crippen molar-refractivity contribution in [3.05, 3.63) is 22.2 Å². The summed E-state index contributed by atoms with van der Waals surface area (Å²) in [4.78, 5) is 11.6. The predicted molar refractivity (Wildman–Crippen MR) is 77.7 cm³/mol. The van der Waals surface area contributed by atoms with Gasteiger partial charge >= 0.3 is 0 Å². The van der Waals surface area contributed by atoms with Gasteiger partial charge < -0.3 is 11.1 Å². The first-order chi connectivity index (χ1) is 8.43. The Hall–Kier alpha value is -0.780. The van der Waals surface area contributed by atoms with Crippen molar-refractivity contribution in [2.24, 2.45) is 0 Å². The van der Waals surface area contributed by atoms with E-state index in [1.165, 1.54) is 12.1 Å². The summed E-state index contributed by atoms with van der Waals surface area (Å²) in [5, 5.41) is 3.20. The summed E-state index contributed by atoms with van der Waals surface area (Å²) in [5.41, 5.74) is 6.29. The molecule has 1 aromatic rings. The zero-order valence-corrected chi connectivity index (χ0v) is 12.2. The number of nitrogens with one attached hydrogen (secondary N) is 1. The van der Waals surface area contributed by atoms with Crippen molar-refractivity contribution >= 4 is 51.3 Å². The summed E-state index contributed by atoms with van der Waals surface area (Å²) in [6.45, 7) is 1.91. The molecule has 7 heteroatoms. The van der Waals surface area contributed by atoms with Crippen molar-refractivity contribution in [2.45, 2.75) is 13.3 Å². The minimum Gasteiger partial charge on any atom is -0.397 e. The second kappa shape index (κ2) is 6.97. The third kappa shape index (κ3) is 4.48. The van der Waals surface area contributed by atoms with E-state index < -0.39 is 10.8 Å². The zero-order valence-electron chi connectivity index (χ0n) is 9.83. The van der Waals surface area contributed by atoms with Crippen LogP contribution < -0.4 is 11.1 Å². The summed E-state index contributed by atoms with van der Waals surface area (Å²) in [7, 11) is -1.16. The fourth-order valence-corrected chi connectivity index (χ4v) is 2.87. The van der Waals surface area contributed by atoms with Gasteiger partial charge in [0.2, 0.25) is 5.91 Å². The van der Waals surface area contributed by atoms with Crippen LogP contribution in [0.3, 0.4) is 0 Å². The van der Waals surface area contributed by atoms with Crippen LogP contribution in [0.25, 0.3) is 0 Å². The number of benzene rings is 1. The first kappa shape index (κ1) is 15.3. The zero-order chi connectivity index (χ0) is 13.7. The molecule has 0 aliphatic carbocycles. The molecule has 3 N–H and O–H groups in total. The van der Waals surface area contributed by atoms with Crippen LogP contribution in [-0.2, 0) is 15.6 Å². The van der Waals surface area contributed by atoms with Crippen molar-refractivity contribution < 1.29 is 9.00 Å². The van der Waals surface area contributed by atoms with Gasteiger partial charge in [0, 0.05) is 21.6 Å². The standard InChI is InChI=1S/C11H14Cl2N2O2S/c1-2-3-18(17)6-10(16)15-11-8(13)4-7(12)5-9(11)14/h4-5H,2-3,6,14H2,1H3,(H,15,16). The van der Waals surface area contributed by atoms with Crippen LogP contribution >= 0.6 is 23.2 Å². The maximum absolute atomic E-state index is 11.6. The van der Waals surface area contributed by atoms with Crippen LogP contribution in [0.1, 0.15) is 13.3 Å². The Labute approximate surface area is 118 Å². The molecule has 0 heterocycles.